The Bertz CT molecular complexity index is 417. The Morgan fingerprint density at radius 3 is 2.74 bits per heavy atom. The first kappa shape index (κ1) is 15.6. The lowest BCUT2D eigenvalue weighted by Crippen LogP contribution is -2.29. The van der Waals surface area contributed by atoms with Gasteiger partial charge in [-0.2, -0.15) is 0 Å². The van der Waals surface area contributed by atoms with Crippen LogP contribution in [0.25, 0.3) is 0 Å². The fraction of sp³-hybridized carbons (Fsp3) is 0.500. The summed E-state index contributed by atoms with van der Waals surface area (Å²) in [6.07, 6.45) is 2.88. The van der Waals surface area contributed by atoms with E-state index < -0.39 is 0 Å². The molecule has 106 valence electrons. The van der Waals surface area contributed by atoms with Gasteiger partial charge in [-0.15, -0.1) is 11.6 Å². The number of halogens is 1. The number of nitrogens with one attached hydrogen (secondary N) is 1. The highest BCUT2D eigenvalue weighted by atomic mass is 35.5. The summed E-state index contributed by atoms with van der Waals surface area (Å²) in [5, 5.41) is 21.7. The zero-order valence-electron chi connectivity index (χ0n) is 11.0. The molecule has 0 aliphatic carbocycles. The third-order valence-corrected chi connectivity index (χ3v) is 3.21. The summed E-state index contributed by atoms with van der Waals surface area (Å²) in [4.78, 5) is 11.9. The van der Waals surface area contributed by atoms with E-state index in [9.17, 15) is 15.0 Å². The molecule has 0 heterocycles. The normalized spacial score (nSPS) is 12.1. The highest BCUT2D eigenvalue weighted by Gasteiger charge is 2.14. The molecule has 19 heavy (non-hydrogen) atoms. The molecule has 3 N–H and O–H groups in total. The van der Waals surface area contributed by atoms with Crippen LogP contribution in [-0.4, -0.2) is 28.5 Å². The van der Waals surface area contributed by atoms with Crippen molar-refractivity contribution in [3.8, 4) is 11.5 Å². The van der Waals surface area contributed by atoms with Crippen molar-refractivity contribution in [1.29, 1.82) is 0 Å². The van der Waals surface area contributed by atoms with Crippen LogP contribution in [0.1, 0.15) is 36.5 Å². The maximum atomic E-state index is 11.9. The van der Waals surface area contributed by atoms with Gasteiger partial charge >= 0.3 is 0 Å². The zero-order valence-corrected chi connectivity index (χ0v) is 11.8. The average Bonchev–Trinajstić information content (AvgIpc) is 2.39. The first-order valence-corrected chi connectivity index (χ1v) is 6.98. The molecule has 0 aliphatic heterocycles. The van der Waals surface area contributed by atoms with E-state index in [4.69, 9.17) is 11.6 Å². The van der Waals surface area contributed by atoms with Crippen LogP contribution >= 0.6 is 11.6 Å². The van der Waals surface area contributed by atoms with Gasteiger partial charge in [-0.25, -0.2) is 0 Å². The SMILES string of the molecule is CCCC(CCCl)CNC(=O)c1cc(O)ccc1O. The van der Waals surface area contributed by atoms with Gasteiger partial charge in [0.05, 0.1) is 5.56 Å². The Morgan fingerprint density at radius 2 is 2.11 bits per heavy atom. The fourth-order valence-electron chi connectivity index (χ4n) is 1.95. The van der Waals surface area contributed by atoms with Gasteiger partial charge < -0.3 is 15.5 Å². The van der Waals surface area contributed by atoms with Gasteiger partial charge in [0.2, 0.25) is 0 Å². The Kier molecular flexibility index (Phi) is 6.50. The maximum absolute atomic E-state index is 11.9. The van der Waals surface area contributed by atoms with Crippen molar-refractivity contribution in [2.45, 2.75) is 26.2 Å². The zero-order chi connectivity index (χ0) is 14.3. The second-order valence-corrected chi connectivity index (χ2v) is 4.92. The number of carbonyl (C=O) groups is 1. The van der Waals surface area contributed by atoms with Crippen LogP contribution in [0.15, 0.2) is 18.2 Å². The van der Waals surface area contributed by atoms with Gasteiger partial charge in [-0.1, -0.05) is 13.3 Å². The molecule has 0 spiro atoms. The second-order valence-electron chi connectivity index (χ2n) is 4.54. The van der Waals surface area contributed by atoms with Gasteiger partial charge in [0.1, 0.15) is 11.5 Å². The Labute approximate surface area is 118 Å². The van der Waals surface area contributed by atoms with Crippen LogP contribution < -0.4 is 5.32 Å². The van der Waals surface area contributed by atoms with Gasteiger partial charge in [-0.3, -0.25) is 4.79 Å². The number of hydrogen-bond donors (Lipinski definition) is 3. The van der Waals surface area contributed by atoms with Crippen molar-refractivity contribution in [1.82, 2.24) is 5.32 Å². The highest BCUT2D eigenvalue weighted by Crippen LogP contribution is 2.22. The van der Waals surface area contributed by atoms with Crippen LogP contribution in [-0.2, 0) is 0 Å². The van der Waals surface area contributed by atoms with E-state index >= 15 is 0 Å². The van der Waals surface area contributed by atoms with Crippen molar-refractivity contribution in [2.24, 2.45) is 5.92 Å². The topological polar surface area (TPSA) is 69.6 Å². The lowest BCUT2D eigenvalue weighted by molar-refractivity contribution is 0.0943. The summed E-state index contributed by atoms with van der Waals surface area (Å²) in [5.74, 6) is 0.334. The number of rotatable bonds is 7. The molecule has 0 radical (unpaired) electrons. The molecule has 0 bridgehead atoms. The third-order valence-electron chi connectivity index (χ3n) is 2.99. The molecule has 0 saturated carbocycles. The molecule has 1 rings (SSSR count). The molecular formula is C14H20ClNO3. The van der Waals surface area contributed by atoms with E-state index in [1.54, 1.807) is 0 Å². The lowest BCUT2D eigenvalue weighted by Gasteiger charge is -2.15. The minimum absolute atomic E-state index is 0.0474. The van der Waals surface area contributed by atoms with Gasteiger partial charge in [0, 0.05) is 12.4 Å². The fourth-order valence-corrected chi connectivity index (χ4v) is 2.26. The summed E-state index contributed by atoms with van der Waals surface area (Å²) in [6.45, 7) is 2.61. The summed E-state index contributed by atoms with van der Waals surface area (Å²) in [6, 6.07) is 3.88. The number of phenols is 2. The van der Waals surface area contributed by atoms with Gasteiger partial charge in [-0.05, 0) is 37.0 Å². The Balaban J connectivity index is 2.61. The molecule has 1 aromatic carbocycles. The van der Waals surface area contributed by atoms with Gasteiger partial charge in [0.25, 0.3) is 5.91 Å². The van der Waals surface area contributed by atoms with Crippen molar-refractivity contribution in [3.63, 3.8) is 0 Å². The van der Waals surface area contributed by atoms with Crippen molar-refractivity contribution >= 4 is 17.5 Å². The molecule has 4 nitrogen and oxygen atoms in total. The lowest BCUT2D eigenvalue weighted by atomic mass is 10.0. The number of phenolic OH excluding ortho intramolecular Hbond substituents is 2. The van der Waals surface area contributed by atoms with Crippen LogP contribution in [0.5, 0.6) is 11.5 Å². The van der Waals surface area contributed by atoms with E-state index in [0.717, 1.165) is 19.3 Å². The minimum Gasteiger partial charge on any atom is -0.508 e. The third kappa shape index (κ3) is 4.99. The summed E-state index contributed by atoms with van der Waals surface area (Å²) in [5.41, 5.74) is 0.0844. The van der Waals surface area contributed by atoms with E-state index in [1.165, 1.54) is 18.2 Å². The monoisotopic (exact) mass is 285 g/mol. The van der Waals surface area contributed by atoms with Crippen LogP contribution in [0.4, 0.5) is 0 Å². The summed E-state index contributed by atoms with van der Waals surface area (Å²) < 4.78 is 0. The van der Waals surface area contributed by atoms with E-state index in [2.05, 4.69) is 12.2 Å². The minimum atomic E-state index is -0.385. The van der Waals surface area contributed by atoms with Crippen molar-refractivity contribution in [2.75, 3.05) is 12.4 Å². The average molecular weight is 286 g/mol. The molecule has 0 aliphatic rings. The van der Waals surface area contributed by atoms with Crippen molar-refractivity contribution in [3.05, 3.63) is 23.8 Å². The standard InChI is InChI=1S/C14H20ClNO3/c1-2-3-10(6-7-15)9-16-14(19)12-8-11(17)4-5-13(12)18/h4-5,8,10,17-18H,2-3,6-7,9H2,1H3,(H,16,19). The number of benzene rings is 1. The van der Waals surface area contributed by atoms with Crippen LogP contribution in [0.3, 0.4) is 0 Å². The number of carbonyl (C=O) groups excluding carboxylic acids is 1. The predicted octanol–water partition coefficient (Wildman–Crippen LogP) is 2.87. The molecule has 1 amide bonds. The first-order valence-electron chi connectivity index (χ1n) is 6.44. The summed E-state index contributed by atoms with van der Waals surface area (Å²) >= 11 is 5.72. The molecule has 0 fully saturated rings. The van der Waals surface area contributed by atoms with Crippen LogP contribution in [0.2, 0.25) is 0 Å². The predicted molar refractivity (Wildman–Crippen MR) is 75.8 cm³/mol. The summed E-state index contributed by atoms with van der Waals surface area (Å²) in [7, 11) is 0. The van der Waals surface area contributed by atoms with Gasteiger partial charge in [0.15, 0.2) is 0 Å². The quantitative estimate of drug-likeness (QED) is 0.533. The molecule has 0 saturated heterocycles. The molecule has 1 unspecified atom stereocenters. The largest absolute Gasteiger partial charge is 0.508 e. The number of hydrogen-bond acceptors (Lipinski definition) is 3. The smallest absolute Gasteiger partial charge is 0.255 e. The number of amides is 1. The molecule has 0 aromatic heterocycles. The second kappa shape index (κ2) is 7.89. The molecular weight excluding hydrogens is 266 g/mol. The molecule has 5 heteroatoms. The number of aromatic hydroxyl groups is 2. The molecule has 1 atom stereocenters. The van der Waals surface area contributed by atoms with Crippen molar-refractivity contribution < 1.29 is 15.0 Å². The Hall–Kier alpha value is -1.42. The van der Waals surface area contributed by atoms with E-state index in [-0.39, 0.29) is 23.0 Å². The Morgan fingerprint density at radius 1 is 1.37 bits per heavy atom. The molecule has 1 aromatic rings. The first-order chi connectivity index (χ1) is 9.08. The maximum Gasteiger partial charge on any atom is 0.255 e. The van der Waals surface area contributed by atoms with Crippen LogP contribution in [0, 0.1) is 5.92 Å². The highest BCUT2D eigenvalue weighted by molar-refractivity contribution is 6.17. The van der Waals surface area contributed by atoms with E-state index in [0.29, 0.717) is 18.3 Å². The number of alkyl halides is 1. The van der Waals surface area contributed by atoms with E-state index in [1.807, 2.05) is 0 Å².